The Morgan fingerprint density at radius 3 is 2.64 bits per heavy atom. The molecule has 0 unspecified atom stereocenters. The van der Waals surface area contributed by atoms with E-state index in [1.807, 2.05) is 19.1 Å². The first kappa shape index (κ1) is 15.2. The average molecular weight is 300 g/mol. The summed E-state index contributed by atoms with van der Waals surface area (Å²) in [4.78, 5) is 2.33. The first-order valence-electron chi connectivity index (χ1n) is 8.07. The van der Waals surface area contributed by atoms with Crippen LogP contribution >= 0.6 is 0 Å². The van der Waals surface area contributed by atoms with Gasteiger partial charge in [-0.1, -0.05) is 24.3 Å². The molecule has 1 aromatic carbocycles. The first-order valence-corrected chi connectivity index (χ1v) is 8.07. The molecule has 1 aliphatic heterocycles. The molecule has 1 aliphatic rings. The zero-order valence-corrected chi connectivity index (χ0v) is 13.1. The Hall–Kier alpha value is -1.72. The van der Waals surface area contributed by atoms with Gasteiger partial charge in [0.05, 0.1) is 12.3 Å². The maximum Gasteiger partial charge on any atom is 0.156 e. The molecule has 1 aromatic heterocycles. The third-order valence-electron chi connectivity index (χ3n) is 4.55. The molecule has 2 heterocycles. The van der Waals surface area contributed by atoms with Crippen molar-refractivity contribution in [2.45, 2.75) is 19.8 Å². The van der Waals surface area contributed by atoms with Gasteiger partial charge >= 0.3 is 0 Å². The SMILES string of the molecule is Cc1nnc(NCC2CCN(CCO)CC2)c2ccccc12. The molecule has 5 heteroatoms. The maximum atomic E-state index is 8.99. The molecule has 1 fully saturated rings. The largest absolute Gasteiger partial charge is 0.395 e. The number of anilines is 1. The van der Waals surface area contributed by atoms with Crippen LogP contribution in [0, 0.1) is 12.8 Å². The van der Waals surface area contributed by atoms with E-state index in [2.05, 4.69) is 32.5 Å². The summed E-state index contributed by atoms with van der Waals surface area (Å²) in [7, 11) is 0. The van der Waals surface area contributed by atoms with Crippen molar-refractivity contribution in [3.63, 3.8) is 0 Å². The number of aliphatic hydroxyl groups excluding tert-OH is 1. The second-order valence-corrected chi connectivity index (χ2v) is 6.07. The van der Waals surface area contributed by atoms with E-state index in [1.165, 1.54) is 12.8 Å². The number of aryl methyl sites for hydroxylation is 1. The van der Waals surface area contributed by atoms with Crippen molar-refractivity contribution < 1.29 is 5.11 Å². The summed E-state index contributed by atoms with van der Waals surface area (Å²) >= 11 is 0. The number of aliphatic hydroxyl groups is 1. The Kier molecular flexibility index (Phi) is 4.85. The highest BCUT2D eigenvalue weighted by Crippen LogP contribution is 2.23. The molecule has 0 amide bonds. The summed E-state index contributed by atoms with van der Waals surface area (Å²) in [6, 6.07) is 8.28. The highest BCUT2D eigenvalue weighted by Gasteiger charge is 2.19. The van der Waals surface area contributed by atoms with Crippen molar-refractivity contribution in [2.75, 3.05) is 38.1 Å². The van der Waals surface area contributed by atoms with E-state index < -0.39 is 0 Å². The topological polar surface area (TPSA) is 61.3 Å². The summed E-state index contributed by atoms with van der Waals surface area (Å²) < 4.78 is 0. The third kappa shape index (κ3) is 3.36. The van der Waals surface area contributed by atoms with E-state index in [1.54, 1.807) is 0 Å². The lowest BCUT2D eigenvalue weighted by molar-refractivity contribution is 0.151. The molecular formula is C17H24N4O. The van der Waals surface area contributed by atoms with Gasteiger partial charge in [0.25, 0.3) is 0 Å². The van der Waals surface area contributed by atoms with Gasteiger partial charge in [-0.15, -0.1) is 5.10 Å². The van der Waals surface area contributed by atoms with E-state index in [9.17, 15) is 0 Å². The van der Waals surface area contributed by atoms with Crippen LogP contribution in [-0.4, -0.2) is 53.0 Å². The number of nitrogens with zero attached hydrogens (tertiary/aromatic N) is 3. The molecule has 3 rings (SSSR count). The Balaban J connectivity index is 1.62. The fourth-order valence-corrected chi connectivity index (χ4v) is 3.17. The van der Waals surface area contributed by atoms with Crippen LogP contribution in [0.4, 0.5) is 5.82 Å². The maximum absolute atomic E-state index is 8.99. The molecule has 2 aromatic rings. The predicted octanol–water partition coefficient (Wildman–Crippen LogP) is 2.05. The molecule has 2 N–H and O–H groups in total. The summed E-state index contributed by atoms with van der Waals surface area (Å²) in [6.45, 7) is 6.15. The third-order valence-corrected chi connectivity index (χ3v) is 4.55. The van der Waals surface area contributed by atoms with Crippen LogP contribution in [-0.2, 0) is 0 Å². The zero-order chi connectivity index (χ0) is 15.4. The minimum absolute atomic E-state index is 0.258. The number of hydrogen-bond acceptors (Lipinski definition) is 5. The van der Waals surface area contributed by atoms with Crippen LogP contribution in [0.2, 0.25) is 0 Å². The number of hydrogen-bond donors (Lipinski definition) is 2. The van der Waals surface area contributed by atoms with Crippen LogP contribution in [0.15, 0.2) is 24.3 Å². The van der Waals surface area contributed by atoms with Gasteiger partial charge in [0.15, 0.2) is 5.82 Å². The molecule has 0 atom stereocenters. The molecule has 22 heavy (non-hydrogen) atoms. The second-order valence-electron chi connectivity index (χ2n) is 6.07. The molecule has 0 aliphatic carbocycles. The Bertz CT molecular complexity index is 623. The summed E-state index contributed by atoms with van der Waals surface area (Å²) in [6.07, 6.45) is 2.34. The number of piperidine rings is 1. The molecule has 0 saturated carbocycles. The lowest BCUT2D eigenvalue weighted by Gasteiger charge is -2.31. The molecule has 0 radical (unpaired) electrons. The highest BCUT2D eigenvalue weighted by atomic mass is 16.3. The van der Waals surface area contributed by atoms with Gasteiger partial charge < -0.3 is 15.3 Å². The number of nitrogens with one attached hydrogen (secondary N) is 1. The van der Waals surface area contributed by atoms with E-state index in [4.69, 9.17) is 5.11 Å². The van der Waals surface area contributed by atoms with Gasteiger partial charge in [-0.3, -0.25) is 0 Å². The summed E-state index contributed by atoms with van der Waals surface area (Å²) in [5.74, 6) is 1.55. The van der Waals surface area contributed by atoms with Gasteiger partial charge in [0.2, 0.25) is 0 Å². The minimum atomic E-state index is 0.258. The molecular weight excluding hydrogens is 276 g/mol. The fraction of sp³-hybridized carbons (Fsp3) is 0.529. The Morgan fingerprint density at radius 2 is 1.91 bits per heavy atom. The average Bonchev–Trinajstić information content (AvgIpc) is 2.56. The first-order chi connectivity index (χ1) is 10.8. The van der Waals surface area contributed by atoms with Gasteiger partial charge in [0, 0.05) is 23.9 Å². The Morgan fingerprint density at radius 1 is 1.18 bits per heavy atom. The highest BCUT2D eigenvalue weighted by molar-refractivity contribution is 5.92. The van der Waals surface area contributed by atoms with Crippen molar-refractivity contribution in [1.29, 1.82) is 0 Å². The lowest BCUT2D eigenvalue weighted by atomic mass is 9.97. The van der Waals surface area contributed by atoms with E-state index in [0.717, 1.165) is 48.5 Å². The van der Waals surface area contributed by atoms with Gasteiger partial charge in [-0.25, -0.2) is 0 Å². The number of benzene rings is 1. The number of likely N-dealkylation sites (tertiary alicyclic amines) is 1. The van der Waals surface area contributed by atoms with E-state index in [0.29, 0.717) is 5.92 Å². The number of β-amino-alcohol motifs (C(OH)–C–C–N with tert-alkyl or cyclic N) is 1. The van der Waals surface area contributed by atoms with Crippen LogP contribution in [0.1, 0.15) is 18.5 Å². The van der Waals surface area contributed by atoms with Crippen molar-refractivity contribution >= 4 is 16.6 Å². The number of fused-ring (bicyclic) bond motifs is 1. The minimum Gasteiger partial charge on any atom is -0.395 e. The number of rotatable bonds is 5. The number of aromatic nitrogens is 2. The second kappa shape index (κ2) is 7.03. The van der Waals surface area contributed by atoms with Crippen molar-refractivity contribution in [3.05, 3.63) is 30.0 Å². The fourth-order valence-electron chi connectivity index (χ4n) is 3.17. The lowest BCUT2D eigenvalue weighted by Crippen LogP contribution is -2.37. The smallest absolute Gasteiger partial charge is 0.156 e. The predicted molar refractivity (Wildman–Crippen MR) is 89.0 cm³/mol. The van der Waals surface area contributed by atoms with Crippen LogP contribution < -0.4 is 5.32 Å². The zero-order valence-electron chi connectivity index (χ0n) is 13.1. The van der Waals surface area contributed by atoms with Crippen LogP contribution in [0.3, 0.4) is 0 Å². The van der Waals surface area contributed by atoms with Crippen LogP contribution in [0.25, 0.3) is 10.8 Å². The van der Waals surface area contributed by atoms with Crippen molar-refractivity contribution in [3.8, 4) is 0 Å². The molecule has 0 spiro atoms. The van der Waals surface area contributed by atoms with Crippen molar-refractivity contribution in [1.82, 2.24) is 15.1 Å². The van der Waals surface area contributed by atoms with E-state index >= 15 is 0 Å². The quantitative estimate of drug-likeness (QED) is 0.885. The van der Waals surface area contributed by atoms with Gasteiger partial charge in [-0.2, -0.15) is 5.10 Å². The van der Waals surface area contributed by atoms with E-state index in [-0.39, 0.29) is 6.61 Å². The van der Waals surface area contributed by atoms with Crippen LogP contribution in [0.5, 0.6) is 0 Å². The molecule has 5 nitrogen and oxygen atoms in total. The molecule has 1 saturated heterocycles. The Labute approximate surface area is 131 Å². The van der Waals surface area contributed by atoms with Gasteiger partial charge in [0.1, 0.15) is 0 Å². The van der Waals surface area contributed by atoms with Crippen molar-refractivity contribution in [2.24, 2.45) is 5.92 Å². The summed E-state index contributed by atoms with van der Waals surface area (Å²) in [5.41, 5.74) is 0.971. The molecule has 0 bridgehead atoms. The molecule has 118 valence electrons. The summed E-state index contributed by atoms with van der Waals surface area (Å²) in [5, 5.41) is 23.4. The monoisotopic (exact) mass is 300 g/mol. The van der Waals surface area contributed by atoms with Gasteiger partial charge in [-0.05, 0) is 38.8 Å². The standard InChI is InChI=1S/C17H24N4O/c1-13-15-4-2-3-5-16(15)17(20-19-13)18-12-14-6-8-21(9-7-14)10-11-22/h2-5,14,22H,6-12H2,1H3,(H,18,20). The normalized spacial score (nSPS) is 17.0.